The average Bonchev–Trinajstić information content (AvgIpc) is 2.65. The molecule has 0 amide bonds. The number of anilines is 1. The summed E-state index contributed by atoms with van der Waals surface area (Å²) >= 11 is 0. The molecule has 0 N–H and O–H groups in total. The topological polar surface area (TPSA) is 42.2 Å². The minimum absolute atomic E-state index is 0.245. The molecule has 84 valence electrons. The predicted molar refractivity (Wildman–Crippen MR) is 57.5 cm³/mol. The zero-order valence-electron chi connectivity index (χ0n) is 9.14. The summed E-state index contributed by atoms with van der Waals surface area (Å²) in [7, 11) is 1.88. The van der Waals surface area contributed by atoms with Crippen molar-refractivity contribution in [2.75, 3.05) is 11.9 Å². The molecule has 1 aromatic heterocycles. The van der Waals surface area contributed by atoms with Gasteiger partial charge in [0.15, 0.2) is 0 Å². The Kier molecular flexibility index (Phi) is 2.85. The fraction of sp³-hybridized carbons (Fsp3) is 0.273. The van der Waals surface area contributed by atoms with Crippen LogP contribution in [0.15, 0.2) is 28.7 Å². The highest BCUT2D eigenvalue weighted by atomic mass is 19.1. The van der Waals surface area contributed by atoms with Gasteiger partial charge >= 0.3 is 0 Å². The lowest BCUT2D eigenvalue weighted by Crippen LogP contribution is -2.16. The van der Waals surface area contributed by atoms with Crippen LogP contribution in [0.1, 0.15) is 11.8 Å². The molecule has 2 aromatic rings. The fourth-order valence-electron chi connectivity index (χ4n) is 1.39. The Balaban J connectivity index is 2.08. The number of hydrogen-bond acceptors (Lipinski definition) is 4. The Hall–Kier alpha value is -1.91. The third kappa shape index (κ3) is 2.36. The number of hydrogen-bond donors (Lipinski definition) is 0. The van der Waals surface area contributed by atoms with Gasteiger partial charge in [0, 0.05) is 19.7 Å². The zero-order valence-corrected chi connectivity index (χ0v) is 9.14. The molecule has 0 aliphatic rings. The van der Waals surface area contributed by atoms with E-state index in [9.17, 15) is 4.39 Å². The van der Waals surface area contributed by atoms with E-state index in [0.717, 1.165) is 5.69 Å². The number of aromatic nitrogens is 2. The van der Waals surface area contributed by atoms with Crippen LogP contribution in [0.25, 0.3) is 0 Å². The third-order valence-electron chi connectivity index (χ3n) is 2.21. The van der Waals surface area contributed by atoms with E-state index in [1.807, 2.05) is 11.9 Å². The molecule has 1 aromatic carbocycles. The first-order valence-corrected chi connectivity index (χ1v) is 4.91. The highest BCUT2D eigenvalue weighted by Gasteiger charge is 2.07. The molecule has 0 atom stereocenters. The van der Waals surface area contributed by atoms with Crippen molar-refractivity contribution < 1.29 is 8.81 Å². The molecule has 0 radical (unpaired) electrons. The van der Waals surface area contributed by atoms with Gasteiger partial charge in [-0.15, -0.1) is 10.2 Å². The molecule has 1 heterocycles. The summed E-state index contributed by atoms with van der Waals surface area (Å²) in [6.45, 7) is 2.25. The van der Waals surface area contributed by atoms with E-state index < -0.39 is 0 Å². The first kappa shape index (κ1) is 10.6. The molecular formula is C11H12FN3O. The summed E-state index contributed by atoms with van der Waals surface area (Å²) in [6.07, 6.45) is 0. The second kappa shape index (κ2) is 4.30. The molecular weight excluding hydrogens is 209 g/mol. The molecule has 16 heavy (non-hydrogen) atoms. The van der Waals surface area contributed by atoms with E-state index in [1.165, 1.54) is 12.1 Å². The van der Waals surface area contributed by atoms with Crippen molar-refractivity contribution in [1.82, 2.24) is 10.2 Å². The van der Waals surface area contributed by atoms with E-state index in [2.05, 4.69) is 10.2 Å². The quantitative estimate of drug-likeness (QED) is 0.796. The molecule has 0 fully saturated rings. The number of halogens is 1. The molecule has 0 spiro atoms. The van der Waals surface area contributed by atoms with E-state index in [1.54, 1.807) is 19.1 Å². The van der Waals surface area contributed by atoms with Crippen molar-refractivity contribution in [3.8, 4) is 0 Å². The summed E-state index contributed by atoms with van der Waals surface area (Å²) in [5, 5.41) is 7.64. The lowest BCUT2D eigenvalue weighted by atomic mass is 10.3. The molecule has 0 saturated carbocycles. The normalized spacial score (nSPS) is 10.4. The van der Waals surface area contributed by atoms with Gasteiger partial charge in [0.2, 0.25) is 11.8 Å². The Morgan fingerprint density at radius 1 is 1.25 bits per heavy atom. The summed E-state index contributed by atoms with van der Waals surface area (Å²) < 4.78 is 18.0. The number of rotatable bonds is 3. The van der Waals surface area contributed by atoms with Crippen LogP contribution < -0.4 is 4.90 Å². The fourth-order valence-corrected chi connectivity index (χ4v) is 1.39. The average molecular weight is 221 g/mol. The summed E-state index contributed by atoms with van der Waals surface area (Å²) in [5.74, 6) is 0.845. The van der Waals surface area contributed by atoms with E-state index in [-0.39, 0.29) is 5.82 Å². The van der Waals surface area contributed by atoms with Crippen molar-refractivity contribution in [1.29, 1.82) is 0 Å². The van der Waals surface area contributed by atoms with Crippen molar-refractivity contribution in [2.24, 2.45) is 0 Å². The SMILES string of the molecule is Cc1nnc(CN(C)c2ccc(F)cc2)o1. The van der Waals surface area contributed by atoms with Gasteiger partial charge in [0.25, 0.3) is 0 Å². The van der Waals surface area contributed by atoms with Crippen molar-refractivity contribution in [3.05, 3.63) is 41.9 Å². The number of benzene rings is 1. The maximum atomic E-state index is 12.7. The van der Waals surface area contributed by atoms with Crippen molar-refractivity contribution >= 4 is 5.69 Å². The molecule has 0 unspecified atom stereocenters. The van der Waals surface area contributed by atoms with Crippen LogP contribution in [0.3, 0.4) is 0 Å². The predicted octanol–water partition coefficient (Wildman–Crippen LogP) is 2.15. The van der Waals surface area contributed by atoms with Crippen molar-refractivity contribution in [3.63, 3.8) is 0 Å². The Labute approximate surface area is 92.7 Å². The van der Waals surface area contributed by atoms with Crippen LogP contribution in [0.2, 0.25) is 0 Å². The maximum Gasteiger partial charge on any atom is 0.235 e. The van der Waals surface area contributed by atoms with Crippen LogP contribution >= 0.6 is 0 Å². The van der Waals surface area contributed by atoms with Gasteiger partial charge in [-0.1, -0.05) is 0 Å². The van der Waals surface area contributed by atoms with Crippen LogP contribution in [-0.2, 0) is 6.54 Å². The highest BCUT2D eigenvalue weighted by molar-refractivity contribution is 5.45. The monoisotopic (exact) mass is 221 g/mol. The van der Waals surface area contributed by atoms with Gasteiger partial charge in [-0.2, -0.15) is 0 Å². The summed E-state index contributed by atoms with van der Waals surface area (Å²) in [4.78, 5) is 1.91. The van der Waals surface area contributed by atoms with Crippen molar-refractivity contribution in [2.45, 2.75) is 13.5 Å². The Bertz CT molecular complexity index is 466. The van der Waals surface area contributed by atoms with Crippen LogP contribution in [0, 0.1) is 12.7 Å². The summed E-state index contributed by atoms with van der Waals surface area (Å²) in [5.41, 5.74) is 0.900. The molecule has 0 saturated heterocycles. The van der Waals surface area contributed by atoms with Gasteiger partial charge in [-0.25, -0.2) is 4.39 Å². The lowest BCUT2D eigenvalue weighted by molar-refractivity contribution is 0.466. The molecule has 4 nitrogen and oxygen atoms in total. The van der Waals surface area contributed by atoms with Gasteiger partial charge in [0.05, 0.1) is 6.54 Å². The Morgan fingerprint density at radius 3 is 2.50 bits per heavy atom. The van der Waals surface area contributed by atoms with E-state index in [0.29, 0.717) is 18.3 Å². The third-order valence-corrected chi connectivity index (χ3v) is 2.21. The van der Waals surface area contributed by atoms with Gasteiger partial charge in [-0.05, 0) is 24.3 Å². The molecule has 0 bridgehead atoms. The second-order valence-electron chi connectivity index (χ2n) is 3.55. The largest absolute Gasteiger partial charge is 0.424 e. The second-order valence-corrected chi connectivity index (χ2v) is 3.55. The minimum Gasteiger partial charge on any atom is -0.424 e. The van der Waals surface area contributed by atoms with E-state index in [4.69, 9.17) is 4.42 Å². The zero-order chi connectivity index (χ0) is 11.5. The van der Waals surface area contributed by atoms with Gasteiger partial charge < -0.3 is 9.32 Å². The minimum atomic E-state index is -0.245. The number of nitrogens with zero attached hydrogens (tertiary/aromatic N) is 3. The molecule has 5 heteroatoms. The molecule has 0 aliphatic heterocycles. The number of aryl methyl sites for hydroxylation is 1. The standard InChI is InChI=1S/C11H12FN3O/c1-8-13-14-11(16-8)7-15(2)10-5-3-9(12)4-6-10/h3-6H,7H2,1-2H3. The first-order chi connectivity index (χ1) is 7.65. The van der Waals surface area contributed by atoms with Gasteiger partial charge in [0.1, 0.15) is 5.82 Å². The van der Waals surface area contributed by atoms with Crippen LogP contribution in [-0.4, -0.2) is 17.2 Å². The maximum absolute atomic E-state index is 12.7. The Morgan fingerprint density at radius 2 is 1.94 bits per heavy atom. The summed E-state index contributed by atoms with van der Waals surface area (Å²) in [6, 6.07) is 6.26. The van der Waals surface area contributed by atoms with Gasteiger partial charge in [-0.3, -0.25) is 0 Å². The smallest absolute Gasteiger partial charge is 0.235 e. The highest BCUT2D eigenvalue weighted by Crippen LogP contribution is 2.15. The van der Waals surface area contributed by atoms with Crippen LogP contribution in [0.4, 0.5) is 10.1 Å². The van der Waals surface area contributed by atoms with E-state index >= 15 is 0 Å². The molecule has 0 aliphatic carbocycles. The molecule has 2 rings (SSSR count). The first-order valence-electron chi connectivity index (χ1n) is 4.91. The lowest BCUT2D eigenvalue weighted by Gasteiger charge is -2.16. The van der Waals surface area contributed by atoms with Crippen LogP contribution in [0.5, 0.6) is 0 Å².